The van der Waals surface area contributed by atoms with Crippen molar-refractivity contribution in [1.29, 1.82) is 0 Å². The molecule has 0 aromatic carbocycles. The average Bonchev–Trinajstić information content (AvgIpc) is 3.18. The maximum absolute atomic E-state index is 5.75. The molecule has 1 aromatic rings. The lowest BCUT2D eigenvalue weighted by Crippen LogP contribution is -3.27. The first-order valence-corrected chi connectivity index (χ1v) is 8.81. The molecule has 0 saturated carbocycles. The molecule has 7 heteroatoms. The van der Waals surface area contributed by atoms with Crippen molar-refractivity contribution in [2.45, 2.75) is 51.3 Å². The predicted molar refractivity (Wildman–Crippen MR) is 81.8 cm³/mol. The molecule has 1 aromatic heterocycles. The fourth-order valence-electron chi connectivity index (χ4n) is 3.72. The van der Waals surface area contributed by atoms with E-state index >= 15 is 0 Å². The number of piperazine rings is 1. The SMILES string of the molecule is CCC[C@H](c1nnnn1C[C@@H]1CCCO1)[NH+]1CC[NH+](C)CC1. The van der Waals surface area contributed by atoms with Crippen molar-refractivity contribution in [2.24, 2.45) is 0 Å². The van der Waals surface area contributed by atoms with Crippen molar-refractivity contribution in [2.75, 3.05) is 39.8 Å². The summed E-state index contributed by atoms with van der Waals surface area (Å²) in [5.41, 5.74) is 0. The number of hydrogen-bond donors (Lipinski definition) is 2. The molecule has 2 N–H and O–H groups in total. The number of aromatic nitrogens is 4. The maximum atomic E-state index is 5.75. The lowest BCUT2D eigenvalue weighted by atomic mass is 10.1. The van der Waals surface area contributed by atoms with Gasteiger partial charge in [-0.2, -0.15) is 0 Å². The topological polar surface area (TPSA) is 61.7 Å². The number of nitrogens with one attached hydrogen (secondary N) is 2. The van der Waals surface area contributed by atoms with E-state index in [1.807, 2.05) is 4.68 Å². The van der Waals surface area contributed by atoms with Crippen LogP contribution in [0, 0.1) is 0 Å². The quantitative estimate of drug-likeness (QED) is 0.645. The molecule has 2 fully saturated rings. The van der Waals surface area contributed by atoms with Gasteiger partial charge in [-0.1, -0.05) is 13.3 Å². The Kier molecular flexibility index (Phi) is 5.38. The Morgan fingerprint density at radius 3 is 2.82 bits per heavy atom. The van der Waals surface area contributed by atoms with Gasteiger partial charge in [0.05, 0.1) is 19.7 Å². The first-order valence-electron chi connectivity index (χ1n) is 8.81. The van der Waals surface area contributed by atoms with E-state index in [0.29, 0.717) is 6.04 Å². The minimum atomic E-state index is 0.288. The van der Waals surface area contributed by atoms with Crippen molar-refractivity contribution in [3.8, 4) is 0 Å². The second-order valence-corrected chi connectivity index (χ2v) is 6.81. The van der Waals surface area contributed by atoms with Crippen molar-refractivity contribution >= 4 is 0 Å². The van der Waals surface area contributed by atoms with Crippen LogP contribution in [0.2, 0.25) is 0 Å². The average molecular weight is 310 g/mol. The molecule has 22 heavy (non-hydrogen) atoms. The van der Waals surface area contributed by atoms with Gasteiger partial charge >= 0.3 is 0 Å². The maximum Gasteiger partial charge on any atom is 0.209 e. The summed E-state index contributed by atoms with van der Waals surface area (Å²) in [5, 5.41) is 12.6. The van der Waals surface area contributed by atoms with E-state index in [4.69, 9.17) is 4.74 Å². The van der Waals surface area contributed by atoms with Crippen molar-refractivity contribution in [3.05, 3.63) is 5.82 Å². The molecule has 0 amide bonds. The molecule has 0 bridgehead atoms. The molecule has 2 atom stereocenters. The van der Waals surface area contributed by atoms with E-state index in [0.717, 1.165) is 38.2 Å². The predicted octanol–water partition coefficient (Wildman–Crippen LogP) is -1.89. The molecule has 2 aliphatic rings. The van der Waals surface area contributed by atoms with Crippen molar-refractivity contribution < 1.29 is 14.5 Å². The van der Waals surface area contributed by atoms with E-state index in [1.165, 1.54) is 32.6 Å². The molecule has 2 aliphatic heterocycles. The van der Waals surface area contributed by atoms with Gasteiger partial charge in [-0.3, -0.25) is 0 Å². The summed E-state index contributed by atoms with van der Waals surface area (Å²) in [6, 6.07) is 0.425. The van der Waals surface area contributed by atoms with Gasteiger partial charge in [-0.25, -0.2) is 4.68 Å². The Labute approximate surface area is 132 Å². The Balaban J connectivity index is 1.72. The van der Waals surface area contributed by atoms with Crippen LogP contribution in [0.15, 0.2) is 0 Å². The van der Waals surface area contributed by atoms with Crippen LogP contribution >= 0.6 is 0 Å². The van der Waals surface area contributed by atoms with Gasteiger partial charge in [0.25, 0.3) is 0 Å². The number of rotatable bonds is 6. The molecule has 0 aliphatic carbocycles. The Hall–Kier alpha value is -1.05. The molecular formula is C15H30N6O+2. The third-order valence-electron chi connectivity index (χ3n) is 5.09. The van der Waals surface area contributed by atoms with Crippen LogP contribution in [0.5, 0.6) is 0 Å². The zero-order valence-corrected chi connectivity index (χ0v) is 13.9. The summed E-state index contributed by atoms with van der Waals surface area (Å²) in [6.45, 7) is 8.84. The number of nitrogens with zero attached hydrogens (tertiary/aromatic N) is 4. The zero-order chi connectivity index (χ0) is 15.4. The zero-order valence-electron chi connectivity index (χ0n) is 13.9. The number of quaternary nitrogens is 2. The molecule has 0 unspecified atom stereocenters. The third-order valence-corrected chi connectivity index (χ3v) is 5.09. The molecule has 124 valence electrons. The Morgan fingerprint density at radius 1 is 1.32 bits per heavy atom. The highest BCUT2D eigenvalue weighted by molar-refractivity contribution is 4.88. The van der Waals surface area contributed by atoms with Crippen molar-refractivity contribution in [3.63, 3.8) is 0 Å². The van der Waals surface area contributed by atoms with E-state index in [2.05, 4.69) is 29.5 Å². The highest BCUT2D eigenvalue weighted by Gasteiger charge is 2.33. The van der Waals surface area contributed by atoms with E-state index < -0.39 is 0 Å². The number of likely N-dealkylation sites (N-methyl/N-ethyl adjacent to an activating group) is 1. The number of ether oxygens (including phenoxy) is 1. The lowest BCUT2D eigenvalue weighted by molar-refractivity contribution is -1.02. The largest absolute Gasteiger partial charge is 0.376 e. The van der Waals surface area contributed by atoms with Gasteiger partial charge in [-0.05, 0) is 23.3 Å². The molecule has 7 nitrogen and oxygen atoms in total. The summed E-state index contributed by atoms with van der Waals surface area (Å²) in [7, 11) is 2.28. The van der Waals surface area contributed by atoms with E-state index in [-0.39, 0.29) is 6.10 Å². The van der Waals surface area contributed by atoms with Crippen LogP contribution in [-0.2, 0) is 11.3 Å². The smallest absolute Gasteiger partial charge is 0.209 e. The van der Waals surface area contributed by atoms with Gasteiger partial charge in [0.1, 0.15) is 32.2 Å². The normalized spacial score (nSPS) is 30.5. The first-order chi connectivity index (χ1) is 10.8. The Bertz CT molecular complexity index is 451. The van der Waals surface area contributed by atoms with E-state index in [1.54, 1.807) is 9.80 Å². The third kappa shape index (κ3) is 3.64. The minimum absolute atomic E-state index is 0.288. The molecule has 3 rings (SSSR count). The molecule has 2 saturated heterocycles. The molecule has 0 spiro atoms. The van der Waals surface area contributed by atoms with Crippen LogP contribution in [0.25, 0.3) is 0 Å². The molecule has 0 radical (unpaired) electrons. The highest BCUT2D eigenvalue weighted by Crippen LogP contribution is 2.17. The summed E-state index contributed by atoms with van der Waals surface area (Å²) in [6.07, 6.45) is 4.90. The van der Waals surface area contributed by atoms with Gasteiger partial charge in [-0.15, -0.1) is 5.10 Å². The van der Waals surface area contributed by atoms with E-state index in [9.17, 15) is 0 Å². The summed E-state index contributed by atoms with van der Waals surface area (Å²) < 4.78 is 7.76. The van der Waals surface area contributed by atoms with Gasteiger partial charge < -0.3 is 14.5 Å². The van der Waals surface area contributed by atoms with Crippen molar-refractivity contribution in [1.82, 2.24) is 20.2 Å². The van der Waals surface area contributed by atoms with Gasteiger partial charge in [0.15, 0.2) is 0 Å². The van der Waals surface area contributed by atoms with Crippen LogP contribution in [0.4, 0.5) is 0 Å². The monoisotopic (exact) mass is 310 g/mol. The van der Waals surface area contributed by atoms with Crippen LogP contribution < -0.4 is 9.80 Å². The van der Waals surface area contributed by atoms with Crippen LogP contribution in [-0.4, -0.2) is 66.1 Å². The number of hydrogen-bond acceptors (Lipinski definition) is 4. The number of tetrazole rings is 1. The minimum Gasteiger partial charge on any atom is -0.376 e. The second kappa shape index (κ2) is 7.48. The molecule has 3 heterocycles. The standard InChI is InChI=1S/C15H28N6O/c1-3-5-14(20-9-7-19(2)8-10-20)15-16-17-18-21(15)12-13-6-4-11-22-13/h13-14H,3-12H2,1-2H3/p+2/t13-,14+/m0/s1. The second-order valence-electron chi connectivity index (χ2n) is 6.81. The fourth-order valence-corrected chi connectivity index (χ4v) is 3.72. The molecular weight excluding hydrogens is 280 g/mol. The summed E-state index contributed by atoms with van der Waals surface area (Å²) in [4.78, 5) is 3.29. The van der Waals surface area contributed by atoms with Gasteiger partial charge in [0.2, 0.25) is 5.82 Å². The van der Waals surface area contributed by atoms with Crippen LogP contribution in [0.1, 0.15) is 44.5 Å². The summed E-state index contributed by atoms with van der Waals surface area (Å²) >= 11 is 0. The fraction of sp³-hybridized carbons (Fsp3) is 0.933. The first kappa shape index (κ1) is 15.8. The van der Waals surface area contributed by atoms with Crippen LogP contribution in [0.3, 0.4) is 0 Å². The lowest BCUT2D eigenvalue weighted by Gasteiger charge is -2.32. The summed E-state index contributed by atoms with van der Waals surface area (Å²) in [5.74, 6) is 1.06. The van der Waals surface area contributed by atoms with Gasteiger partial charge in [0, 0.05) is 13.0 Å². The Morgan fingerprint density at radius 2 is 2.14 bits per heavy atom. The highest BCUT2D eigenvalue weighted by atomic mass is 16.5.